The number of phenols is 1. The van der Waals surface area contributed by atoms with Gasteiger partial charge >= 0.3 is 0 Å². The molecule has 19 heavy (non-hydrogen) atoms. The molecule has 102 valence electrons. The molecule has 0 saturated carbocycles. The highest BCUT2D eigenvalue weighted by atomic mass is 32.2. The van der Waals surface area contributed by atoms with Gasteiger partial charge in [0, 0.05) is 7.05 Å². The summed E-state index contributed by atoms with van der Waals surface area (Å²) in [7, 11) is -2.23. The van der Waals surface area contributed by atoms with Crippen molar-refractivity contribution in [2.75, 3.05) is 4.72 Å². The quantitative estimate of drug-likeness (QED) is 0.811. The number of nitrogens with one attached hydrogen (secondary N) is 1. The van der Waals surface area contributed by atoms with Gasteiger partial charge in [-0.2, -0.15) is 18.3 Å². The molecule has 0 amide bonds. The van der Waals surface area contributed by atoms with Crippen LogP contribution in [0.3, 0.4) is 0 Å². The number of nitrogens with zero attached hydrogens (tertiary/aromatic N) is 3. The van der Waals surface area contributed by atoms with Crippen LogP contribution in [0.5, 0.6) is 5.75 Å². The monoisotopic (exact) mass is 282 g/mol. The number of hydrogen-bond donors (Lipinski definition) is 2. The minimum atomic E-state index is -3.76. The lowest BCUT2D eigenvalue weighted by Gasteiger charge is -2.10. The van der Waals surface area contributed by atoms with Crippen molar-refractivity contribution in [1.29, 1.82) is 0 Å². The van der Waals surface area contributed by atoms with Crippen LogP contribution in [0.15, 0.2) is 29.4 Å². The van der Waals surface area contributed by atoms with Crippen molar-refractivity contribution in [3.05, 3.63) is 30.0 Å². The standard InChI is InChI=1S/C11H14N4O3S/c1-3-8-6-9(16)4-5-10(8)14-19(17,18)11-7-12-15(2)13-11/h4-7,14,16H,3H2,1-2H3. The predicted molar refractivity (Wildman–Crippen MR) is 69.3 cm³/mol. The van der Waals surface area contributed by atoms with Crippen LogP contribution in [0.25, 0.3) is 0 Å². The highest BCUT2D eigenvalue weighted by Crippen LogP contribution is 2.23. The largest absolute Gasteiger partial charge is 0.508 e. The number of aromatic nitrogens is 3. The summed E-state index contributed by atoms with van der Waals surface area (Å²) in [5.74, 6) is 0.0966. The Hall–Kier alpha value is -2.09. The first-order valence-electron chi connectivity index (χ1n) is 5.63. The van der Waals surface area contributed by atoms with Gasteiger partial charge in [0.2, 0.25) is 5.03 Å². The lowest BCUT2D eigenvalue weighted by Crippen LogP contribution is -2.15. The number of phenolic OH excluding ortho intramolecular Hbond substituents is 1. The lowest BCUT2D eigenvalue weighted by molar-refractivity contribution is 0.474. The number of aromatic hydroxyl groups is 1. The fourth-order valence-electron chi connectivity index (χ4n) is 1.62. The third-order valence-electron chi connectivity index (χ3n) is 2.57. The summed E-state index contributed by atoms with van der Waals surface area (Å²) in [6, 6.07) is 4.46. The third kappa shape index (κ3) is 2.84. The number of hydrogen-bond acceptors (Lipinski definition) is 5. The van der Waals surface area contributed by atoms with Crippen molar-refractivity contribution < 1.29 is 13.5 Å². The Morgan fingerprint density at radius 3 is 2.74 bits per heavy atom. The molecule has 1 heterocycles. The zero-order chi connectivity index (χ0) is 14.0. The van der Waals surface area contributed by atoms with E-state index in [0.717, 1.165) is 0 Å². The van der Waals surface area contributed by atoms with E-state index in [1.807, 2.05) is 6.92 Å². The number of benzene rings is 1. The van der Waals surface area contributed by atoms with E-state index >= 15 is 0 Å². The van der Waals surface area contributed by atoms with Crippen LogP contribution < -0.4 is 4.72 Å². The molecule has 1 aromatic heterocycles. The van der Waals surface area contributed by atoms with Crippen LogP contribution in [0.1, 0.15) is 12.5 Å². The Bertz CT molecular complexity index is 694. The van der Waals surface area contributed by atoms with Crippen LogP contribution in [0.4, 0.5) is 5.69 Å². The Morgan fingerprint density at radius 1 is 1.42 bits per heavy atom. The van der Waals surface area contributed by atoms with Crippen LogP contribution in [0, 0.1) is 0 Å². The fraction of sp³-hybridized carbons (Fsp3) is 0.273. The molecular weight excluding hydrogens is 268 g/mol. The molecule has 7 nitrogen and oxygen atoms in total. The molecule has 0 fully saturated rings. The maximum Gasteiger partial charge on any atom is 0.282 e. The summed E-state index contributed by atoms with van der Waals surface area (Å²) < 4.78 is 26.6. The lowest BCUT2D eigenvalue weighted by atomic mass is 10.1. The second-order valence-corrected chi connectivity index (χ2v) is 5.60. The Morgan fingerprint density at radius 2 is 2.16 bits per heavy atom. The molecule has 2 aromatic rings. The Balaban J connectivity index is 2.35. The van der Waals surface area contributed by atoms with E-state index in [9.17, 15) is 13.5 Å². The molecule has 0 saturated heterocycles. The fourth-order valence-corrected chi connectivity index (χ4v) is 2.62. The van der Waals surface area contributed by atoms with Crippen LogP contribution in [-0.2, 0) is 23.5 Å². The van der Waals surface area contributed by atoms with E-state index in [-0.39, 0.29) is 10.8 Å². The normalized spacial score (nSPS) is 11.5. The van der Waals surface area contributed by atoms with Gasteiger partial charge in [-0.3, -0.25) is 4.72 Å². The summed E-state index contributed by atoms with van der Waals surface area (Å²) in [5, 5.41) is 16.7. The third-order valence-corrected chi connectivity index (χ3v) is 3.79. The molecule has 0 radical (unpaired) electrons. The maximum atomic E-state index is 12.1. The van der Waals surface area contributed by atoms with Crippen molar-refractivity contribution in [3.63, 3.8) is 0 Å². The molecule has 2 rings (SSSR count). The first-order chi connectivity index (χ1) is 8.92. The molecule has 0 aliphatic rings. The van der Waals surface area contributed by atoms with Crippen molar-refractivity contribution in [1.82, 2.24) is 15.0 Å². The number of anilines is 1. The van der Waals surface area contributed by atoms with Gasteiger partial charge < -0.3 is 5.11 Å². The summed E-state index contributed by atoms with van der Waals surface area (Å²) in [6.45, 7) is 1.87. The molecule has 1 aromatic carbocycles. The van der Waals surface area contributed by atoms with Crippen LogP contribution in [0.2, 0.25) is 0 Å². The number of sulfonamides is 1. The van der Waals surface area contributed by atoms with Gasteiger partial charge in [0.05, 0.1) is 11.9 Å². The number of aryl methyl sites for hydroxylation is 2. The average Bonchev–Trinajstić information content (AvgIpc) is 2.79. The predicted octanol–water partition coefficient (Wildman–Crippen LogP) is 0.884. The molecule has 0 aliphatic heterocycles. The van der Waals surface area contributed by atoms with E-state index in [1.54, 1.807) is 0 Å². The van der Waals surface area contributed by atoms with Gasteiger partial charge in [-0.1, -0.05) is 6.92 Å². The minimum absolute atomic E-state index is 0.0966. The smallest absolute Gasteiger partial charge is 0.282 e. The second-order valence-electron chi connectivity index (χ2n) is 3.97. The van der Waals surface area contributed by atoms with Gasteiger partial charge in [-0.05, 0) is 30.2 Å². The maximum absolute atomic E-state index is 12.1. The number of rotatable bonds is 4. The summed E-state index contributed by atoms with van der Waals surface area (Å²) >= 11 is 0. The van der Waals surface area contributed by atoms with Gasteiger partial charge in [0.25, 0.3) is 10.0 Å². The second kappa shape index (κ2) is 4.88. The van der Waals surface area contributed by atoms with Gasteiger partial charge in [-0.25, -0.2) is 0 Å². The van der Waals surface area contributed by atoms with Crippen LogP contribution in [-0.4, -0.2) is 28.5 Å². The van der Waals surface area contributed by atoms with E-state index in [1.165, 1.54) is 36.2 Å². The van der Waals surface area contributed by atoms with E-state index in [4.69, 9.17) is 0 Å². The van der Waals surface area contributed by atoms with Crippen LogP contribution >= 0.6 is 0 Å². The van der Waals surface area contributed by atoms with Gasteiger partial charge in [-0.15, -0.1) is 5.10 Å². The average molecular weight is 282 g/mol. The van der Waals surface area contributed by atoms with Crippen molar-refractivity contribution in [2.45, 2.75) is 18.4 Å². The highest BCUT2D eigenvalue weighted by Gasteiger charge is 2.19. The molecule has 0 bridgehead atoms. The van der Waals surface area contributed by atoms with Crippen molar-refractivity contribution in [2.24, 2.45) is 7.05 Å². The molecule has 0 spiro atoms. The van der Waals surface area contributed by atoms with Crippen molar-refractivity contribution in [3.8, 4) is 5.75 Å². The first-order valence-corrected chi connectivity index (χ1v) is 7.11. The summed E-state index contributed by atoms with van der Waals surface area (Å²) in [4.78, 5) is 1.17. The molecule has 0 unspecified atom stereocenters. The summed E-state index contributed by atoms with van der Waals surface area (Å²) in [5.41, 5.74) is 1.12. The Kier molecular flexibility index (Phi) is 3.43. The zero-order valence-corrected chi connectivity index (χ0v) is 11.3. The molecular formula is C11H14N4O3S. The highest BCUT2D eigenvalue weighted by molar-refractivity contribution is 7.92. The SMILES string of the molecule is CCc1cc(O)ccc1NS(=O)(=O)c1cnn(C)n1. The molecule has 2 N–H and O–H groups in total. The van der Waals surface area contributed by atoms with Crippen molar-refractivity contribution >= 4 is 15.7 Å². The van der Waals surface area contributed by atoms with E-state index in [0.29, 0.717) is 17.7 Å². The van der Waals surface area contributed by atoms with E-state index in [2.05, 4.69) is 14.9 Å². The molecule has 8 heteroatoms. The zero-order valence-electron chi connectivity index (χ0n) is 10.5. The van der Waals surface area contributed by atoms with E-state index < -0.39 is 10.0 Å². The first kappa shape index (κ1) is 13.3. The minimum Gasteiger partial charge on any atom is -0.508 e. The molecule has 0 aliphatic carbocycles. The Labute approximate surface area is 110 Å². The van der Waals surface area contributed by atoms with Gasteiger partial charge in [0.1, 0.15) is 5.75 Å². The summed E-state index contributed by atoms with van der Waals surface area (Å²) in [6.07, 6.45) is 1.76. The van der Waals surface area contributed by atoms with Gasteiger partial charge in [0.15, 0.2) is 0 Å². The topological polar surface area (TPSA) is 97.1 Å². The molecule has 0 atom stereocenters.